The molecule has 4 rings (SSSR count). The zero-order valence-electron chi connectivity index (χ0n) is 17.1. The van der Waals surface area contributed by atoms with E-state index in [1.807, 2.05) is 32.0 Å². The van der Waals surface area contributed by atoms with Gasteiger partial charge >= 0.3 is 5.69 Å². The number of amides is 1. The van der Waals surface area contributed by atoms with E-state index in [1.54, 1.807) is 18.2 Å². The number of aromatic nitrogens is 1. The van der Waals surface area contributed by atoms with Crippen LogP contribution in [0.1, 0.15) is 21.5 Å². The average Bonchev–Trinajstić information content (AvgIpc) is 3.18. The summed E-state index contributed by atoms with van der Waals surface area (Å²) in [6, 6.07) is 15.1. The van der Waals surface area contributed by atoms with E-state index in [4.69, 9.17) is 9.15 Å². The Hall–Kier alpha value is -4.20. The highest BCUT2D eigenvalue weighted by Crippen LogP contribution is 2.30. The molecule has 0 saturated carbocycles. The van der Waals surface area contributed by atoms with E-state index in [-0.39, 0.29) is 17.0 Å². The number of methoxy groups -OCH3 is 1. The second kappa shape index (κ2) is 7.91. The Kier molecular flexibility index (Phi) is 5.12. The third-order valence-electron chi connectivity index (χ3n) is 4.83. The second-order valence-corrected chi connectivity index (χ2v) is 7.13. The number of carbonyl (C=O) groups is 1. The molecule has 0 aliphatic carbocycles. The first-order valence-electron chi connectivity index (χ1n) is 9.47. The maximum atomic E-state index is 12.6. The number of oxazole rings is 1. The number of hydrogen-bond donors (Lipinski definition) is 1. The van der Waals surface area contributed by atoms with E-state index in [0.29, 0.717) is 17.1 Å². The highest BCUT2D eigenvalue weighted by atomic mass is 16.6. The highest BCUT2D eigenvalue weighted by Gasteiger charge is 2.18. The molecule has 1 N–H and O–H groups in total. The summed E-state index contributed by atoms with van der Waals surface area (Å²) < 4.78 is 10.9. The average molecular weight is 417 g/mol. The van der Waals surface area contributed by atoms with E-state index in [2.05, 4.69) is 10.3 Å². The summed E-state index contributed by atoms with van der Waals surface area (Å²) >= 11 is 0. The first-order chi connectivity index (χ1) is 14.9. The Bertz CT molecular complexity index is 1330. The van der Waals surface area contributed by atoms with Gasteiger partial charge in [0.1, 0.15) is 5.52 Å². The molecular weight excluding hydrogens is 398 g/mol. The number of ether oxygens (including phenoxy) is 1. The molecule has 8 nitrogen and oxygen atoms in total. The fourth-order valence-corrected chi connectivity index (χ4v) is 3.41. The van der Waals surface area contributed by atoms with Crippen LogP contribution in [0.25, 0.3) is 22.6 Å². The fraction of sp³-hybridized carbons (Fsp3) is 0.130. The maximum absolute atomic E-state index is 12.6. The SMILES string of the molecule is COc1ccc(C(=O)Nc2cccc(-c3nc4cc(C)cc(C)c4o3)c2)cc1[N+](=O)[O-]. The molecule has 1 amide bonds. The fourth-order valence-electron chi connectivity index (χ4n) is 3.41. The van der Waals surface area contributed by atoms with Crippen LogP contribution in [0.4, 0.5) is 11.4 Å². The first-order valence-corrected chi connectivity index (χ1v) is 9.47. The molecule has 0 bridgehead atoms. The topological polar surface area (TPSA) is 108 Å². The number of benzene rings is 3. The molecule has 1 heterocycles. The molecule has 0 fully saturated rings. The molecule has 0 unspecified atom stereocenters. The van der Waals surface area contributed by atoms with E-state index in [0.717, 1.165) is 22.2 Å². The molecule has 0 radical (unpaired) electrons. The zero-order valence-corrected chi connectivity index (χ0v) is 17.1. The summed E-state index contributed by atoms with van der Waals surface area (Å²) in [4.78, 5) is 27.8. The molecule has 4 aromatic rings. The number of rotatable bonds is 5. The Labute approximate surface area is 177 Å². The van der Waals surface area contributed by atoms with E-state index >= 15 is 0 Å². The van der Waals surface area contributed by atoms with E-state index in [1.165, 1.54) is 25.3 Å². The van der Waals surface area contributed by atoms with Crippen molar-refractivity contribution in [1.82, 2.24) is 4.98 Å². The number of fused-ring (bicyclic) bond motifs is 1. The second-order valence-electron chi connectivity index (χ2n) is 7.13. The first kappa shape index (κ1) is 20.1. The minimum atomic E-state index is -0.590. The number of nitrogens with one attached hydrogen (secondary N) is 1. The van der Waals surface area contributed by atoms with Crippen molar-refractivity contribution in [2.75, 3.05) is 12.4 Å². The molecule has 1 aromatic heterocycles. The van der Waals surface area contributed by atoms with Crippen LogP contribution in [0.3, 0.4) is 0 Å². The van der Waals surface area contributed by atoms with Crippen molar-refractivity contribution >= 4 is 28.4 Å². The monoisotopic (exact) mass is 417 g/mol. The minimum Gasteiger partial charge on any atom is -0.490 e. The molecule has 156 valence electrons. The van der Waals surface area contributed by atoms with Gasteiger partial charge in [-0.3, -0.25) is 14.9 Å². The van der Waals surface area contributed by atoms with Gasteiger partial charge in [0.25, 0.3) is 5.91 Å². The normalized spacial score (nSPS) is 10.8. The van der Waals surface area contributed by atoms with Gasteiger partial charge in [0.2, 0.25) is 5.89 Å². The predicted molar refractivity (Wildman–Crippen MR) is 117 cm³/mol. The van der Waals surface area contributed by atoms with Crippen LogP contribution in [-0.4, -0.2) is 22.9 Å². The van der Waals surface area contributed by atoms with Gasteiger partial charge in [-0.1, -0.05) is 12.1 Å². The van der Waals surface area contributed by atoms with Gasteiger partial charge in [0, 0.05) is 22.9 Å². The van der Waals surface area contributed by atoms with Crippen molar-refractivity contribution in [3.63, 3.8) is 0 Å². The lowest BCUT2D eigenvalue weighted by atomic mass is 10.1. The largest absolute Gasteiger partial charge is 0.490 e. The van der Waals surface area contributed by atoms with Crippen LogP contribution in [0, 0.1) is 24.0 Å². The lowest BCUT2D eigenvalue weighted by Gasteiger charge is -2.08. The van der Waals surface area contributed by atoms with Gasteiger partial charge in [0.15, 0.2) is 11.3 Å². The summed E-state index contributed by atoms with van der Waals surface area (Å²) in [5.41, 5.74) is 4.67. The van der Waals surface area contributed by atoms with Crippen molar-refractivity contribution in [3.8, 4) is 17.2 Å². The molecule has 3 aromatic carbocycles. The van der Waals surface area contributed by atoms with Crippen molar-refractivity contribution in [3.05, 3.63) is 81.4 Å². The molecule has 0 spiro atoms. The Morgan fingerprint density at radius 3 is 2.68 bits per heavy atom. The summed E-state index contributed by atoms with van der Waals surface area (Å²) in [6.45, 7) is 3.97. The number of anilines is 1. The van der Waals surface area contributed by atoms with Gasteiger partial charge in [0.05, 0.1) is 12.0 Å². The summed E-state index contributed by atoms with van der Waals surface area (Å²) in [6.07, 6.45) is 0. The Balaban J connectivity index is 1.62. The summed E-state index contributed by atoms with van der Waals surface area (Å²) in [5, 5.41) is 14.0. The lowest BCUT2D eigenvalue weighted by molar-refractivity contribution is -0.385. The van der Waals surface area contributed by atoms with Crippen molar-refractivity contribution in [1.29, 1.82) is 0 Å². The van der Waals surface area contributed by atoms with Crippen LogP contribution in [0.5, 0.6) is 5.75 Å². The van der Waals surface area contributed by atoms with Crippen LogP contribution < -0.4 is 10.1 Å². The van der Waals surface area contributed by atoms with Gasteiger partial charge < -0.3 is 14.5 Å². The van der Waals surface area contributed by atoms with Gasteiger partial charge in [-0.15, -0.1) is 0 Å². The molecule has 0 atom stereocenters. The molecule has 0 aliphatic rings. The number of nitrogens with zero attached hydrogens (tertiary/aromatic N) is 2. The zero-order chi connectivity index (χ0) is 22.1. The van der Waals surface area contributed by atoms with Crippen LogP contribution in [0.15, 0.2) is 59.0 Å². The number of nitro benzene ring substituents is 1. The molecule has 31 heavy (non-hydrogen) atoms. The Morgan fingerprint density at radius 2 is 1.94 bits per heavy atom. The van der Waals surface area contributed by atoms with Crippen LogP contribution in [0.2, 0.25) is 0 Å². The number of carbonyl (C=O) groups excluding carboxylic acids is 1. The number of nitro groups is 1. The smallest absolute Gasteiger partial charge is 0.311 e. The minimum absolute atomic E-state index is 0.0880. The van der Waals surface area contributed by atoms with Crippen LogP contribution in [-0.2, 0) is 0 Å². The number of hydrogen-bond acceptors (Lipinski definition) is 6. The van der Waals surface area contributed by atoms with Crippen molar-refractivity contribution in [2.45, 2.75) is 13.8 Å². The van der Waals surface area contributed by atoms with Gasteiger partial charge in [-0.2, -0.15) is 0 Å². The Morgan fingerprint density at radius 1 is 1.13 bits per heavy atom. The third kappa shape index (κ3) is 3.95. The predicted octanol–water partition coefficient (Wildman–Crippen LogP) is 5.28. The third-order valence-corrected chi connectivity index (χ3v) is 4.83. The number of aryl methyl sites for hydroxylation is 2. The van der Waals surface area contributed by atoms with Crippen LogP contribution >= 0.6 is 0 Å². The standard InChI is InChI=1S/C23H19N3O5/c1-13-9-14(2)21-18(10-13)25-23(31-21)16-5-4-6-17(11-16)24-22(27)15-7-8-20(30-3)19(12-15)26(28)29/h4-12H,1-3H3,(H,24,27). The molecule has 8 heteroatoms. The molecular formula is C23H19N3O5. The van der Waals surface area contributed by atoms with Gasteiger partial charge in [-0.05, 0) is 61.4 Å². The molecule has 0 saturated heterocycles. The molecule has 0 aliphatic heterocycles. The van der Waals surface area contributed by atoms with E-state index in [9.17, 15) is 14.9 Å². The highest BCUT2D eigenvalue weighted by molar-refractivity contribution is 6.05. The lowest BCUT2D eigenvalue weighted by Crippen LogP contribution is -2.12. The van der Waals surface area contributed by atoms with Crippen molar-refractivity contribution < 1.29 is 18.9 Å². The maximum Gasteiger partial charge on any atom is 0.311 e. The van der Waals surface area contributed by atoms with Gasteiger partial charge in [-0.25, -0.2) is 4.98 Å². The summed E-state index contributed by atoms with van der Waals surface area (Å²) in [7, 11) is 1.34. The van der Waals surface area contributed by atoms with E-state index < -0.39 is 10.8 Å². The van der Waals surface area contributed by atoms with Crippen molar-refractivity contribution in [2.24, 2.45) is 0 Å². The quantitative estimate of drug-likeness (QED) is 0.350. The summed E-state index contributed by atoms with van der Waals surface area (Å²) in [5.74, 6) is 0.0526.